The summed E-state index contributed by atoms with van der Waals surface area (Å²) < 4.78 is 5.89. The number of carbonyl (C=O) groups is 2. The molecule has 0 spiro atoms. The third kappa shape index (κ3) is 4.08. The average molecular weight is 350 g/mol. The van der Waals surface area contributed by atoms with Crippen molar-refractivity contribution in [2.45, 2.75) is 20.0 Å². The summed E-state index contributed by atoms with van der Waals surface area (Å²) in [5, 5.41) is 5.81. The standard InChI is InChI=1S/C17H20ClN3O3/c1-4-20-16(22)13-9-14(15(21-13)17(23)19-3)24-10(2)11-6-5-7-12(18)8-11/h5-10,21H,4H2,1-3H3,(H,19,23)(H,20,22)/t10-/m1/s1. The lowest BCUT2D eigenvalue weighted by molar-refractivity contribution is 0.0951. The number of nitrogens with one attached hydrogen (secondary N) is 3. The maximum atomic E-state index is 12.0. The molecule has 0 fully saturated rings. The van der Waals surface area contributed by atoms with Crippen LogP contribution in [0, 0.1) is 0 Å². The predicted octanol–water partition coefficient (Wildman–Crippen LogP) is 2.92. The van der Waals surface area contributed by atoms with Gasteiger partial charge in [0.05, 0.1) is 0 Å². The molecule has 0 saturated heterocycles. The predicted molar refractivity (Wildman–Crippen MR) is 92.7 cm³/mol. The summed E-state index contributed by atoms with van der Waals surface area (Å²) in [5.41, 5.74) is 1.34. The minimum absolute atomic E-state index is 0.202. The van der Waals surface area contributed by atoms with Gasteiger partial charge in [-0.25, -0.2) is 0 Å². The van der Waals surface area contributed by atoms with E-state index in [0.29, 0.717) is 17.3 Å². The number of rotatable bonds is 6. The summed E-state index contributed by atoms with van der Waals surface area (Å²) in [6.07, 6.45) is -0.343. The Labute approximate surface area is 145 Å². The Kier molecular flexibility index (Phi) is 5.87. The van der Waals surface area contributed by atoms with Crippen molar-refractivity contribution >= 4 is 23.4 Å². The summed E-state index contributed by atoms with van der Waals surface area (Å²) >= 11 is 6.00. The Morgan fingerprint density at radius 2 is 2.04 bits per heavy atom. The topological polar surface area (TPSA) is 83.2 Å². The van der Waals surface area contributed by atoms with Gasteiger partial charge in [-0.15, -0.1) is 0 Å². The zero-order chi connectivity index (χ0) is 17.7. The smallest absolute Gasteiger partial charge is 0.271 e. The quantitative estimate of drug-likeness (QED) is 0.749. The fourth-order valence-electron chi connectivity index (χ4n) is 2.22. The minimum atomic E-state index is -0.362. The van der Waals surface area contributed by atoms with E-state index in [1.54, 1.807) is 12.1 Å². The highest BCUT2D eigenvalue weighted by atomic mass is 35.5. The first-order valence-electron chi connectivity index (χ1n) is 7.61. The van der Waals surface area contributed by atoms with Gasteiger partial charge in [0.1, 0.15) is 17.5 Å². The van der Waals surface area contributed by atoms with E-state index in [2.05, 4.69) is 15.6 Å². The van der Waals surface area contributed by atoms with E-state index >= 15 is 0 Å². The molecular weight excluding hydrogens is 330 g/mol. The van der Waals surface area contributed by atoms with Crippen LogP contribution in [-0.2, 0) is 0 Å². The highest BCUT2D eigenvalue weighted by Crippen LogP contribution is 2.27. The number of benzene rings is 1. The average Bonchev–Trinajstić information content (AvgIpc) is 2.98. The summed E-state index contributed by atoms with van der Waals surface area (Å²) in [6.45, 7) is 4.15. The van der Waals surface area contributed by atoms with Gasteiger partial charge in [-0.3, -0.25) is 9.59 Å². The van der Waals surface area contributed by atoms with E-state index in [9.17, 15) is 9.59 Å². The van der Waals surface area contributed by atoms with E-state index in [0.717, 1.165) is 5.56 Å². The first-order chi connectivity index (χ1) is 11.5. The lowest BCUT2D eigenvalue weighted by Gasteiger charge is -2.15. The van der Waals surface area contributed by atoms with Crippen LogP contribution in [0.5, 0.6) is 5.75 Å². The third-order valence-electron chi connectivity index (χ3n) is 3.44. The number of hydrogen-bond acceptors (Lipinski definition) is 3. The van der Waals surface area contributed by atoms with Crippen molar-refractivity contribution in [3.05, 3.63) is 52.3 Å². The molecule has 24 heavy (non-hydrogen) atoms. The lowest BCUT2D eigenvalue weighted by Crippen LogP contribution is -2.23. The van der Waals surface area contributed by atoms with Gasteiger partial charge in [0, 0.05) is 24.7 Å². The summed E-state index contributed by atoms with van der Waals surface area (Å²) in [7, 11) is 1.51. The Balaban J connectivity index is 2.30. The van der Waals surface area contributed by atoms with Gasteiger partial charge in [0.2, 0.25) is 0 Å². The van der Waals surface area contributed by atoms with Gasteiger partial charge in [-0.2, -0.15) is 0 Å². The molecule has 0 unspecified atom stereocenters. The molecule has 0 radical (unpaired) electrons. The van der Waals surface area contributed by atoms with Gasteiger partial charge in [-0.1, -0.05) is 23.7 Å². The second-order valence-electron chi connectivity index (χ2n) is 5.18. The van der Waals surface area contributed by atoms with Gasteiger partial charge in [0.25, 0.3) is 11.8 Å². The number of carbonyl (C=O) groups excluding carboxylic acids is 2. The van der Waals surface area contributed by atoms with Crippen LogP contribution in [0.15, 0.2) is 30.3 Å². The highest BCUT2D eigenvalue weighted by Gasteiger charge is 2.21. The second-order valence-corrected chi connectivity index (χ2v) is 5.61. The fourth-order valence-corrected chi connectivity index (χ4v) is 2.42. The Hall–Kier alpha value is -2.47. The number of halogens is 1. The normalized spacial score (nSPS) is 11.7. The molecule has 0 saturated carbocycles. The van der Waals surface area contributed by atoms with Gasteiger partial charge >= 0.3 is 0 Å². The Morgan fingerprint density at radius 3 is 2.67 bits per heavy atom. The minimum Gasteiger partial charge on any atom is -0.484 e. The van der Waals surface area contributed by atoms with Crippen molar-refractivity contribution < 1.29 is 14.3 Å². The monoisotopic (exact) mass is 349 g/mol. The molecule has 1 aromatic carbocycles. The zero-order valence-electron chi connectivity index (χ0n) is 13.8. The van der Waals surface area contributed by atoms with Crippen LogP contribution in [0.3, 0.4) is 0 Å². The molecule has 2 aromatic rings. The number of amides is 2. The van der Waals surface area contributed by atoms with E-state index in [4.69, 9.17) is 16.3 Å². The molecular formula is C17H20ClN3O3. The molecule has 7 heteroatoms. The van der Waals surface area contributed by atoms with Crippen molar-refractivity contribution in [2.24, 2.45) is 0 Å². The fraction of sp³-hybridized carbons (Fsp3) is 0.294. The molecule has 1 atom stereocenters. The summed E-state index contributed by atoms with van der Waals surface area (Å²) in [6, 6.07) is 8.80. The second kappa shape index (κ2) is 7.88. The van der Waals surface area contributed by atoms with Gasteiger partial charge in [-0.05, 0) is 31.5 Å². The molecule has 0 aliphatic carbocycles. The number of ether oxygens (including phenoxy) is 1. The molecule has 128 valence electrons. The van der Waals surface area contributed by atoms with E-state index in [1.807, 2.05) is 26.0 Å². The number of hydrogen-bond donors (Lipinski definition) is 3. The van der Waals surface area contributed by atoms with Crippen LogP contribution in [0.1, 0.15) is 46.5 Å². The molecule has 1 aromatic heterocycles. The van der Waals surface area contributed by atoms with Gasteiger partial charge < -0.3 is 20.4 Å². The van der Waals surface area contributed by atoms with E-state index in [-0.39, 0.29) is 29.3 Å². The maximum absolute atomic E-state index is 12.0. The van der Waals surface area contributed by atoms with Gasteiger partial charge in [0.15, 0.2) is 5.75 Å². The van der Waals surface area contributed by atoms with Crippen molar-refractivity contribution in [2.75, 3.05) is 13.6 Å². The molecule has 1 heterocycles. The van der Waals surface area contributed by atoms with Crippen molar-refractivity contribution in [3.63, 3.8) is 0 Å². The van der Waals surface area contributed by atoms with Crippen LogP contribution in [0.4, 0.5) is 0 Å². The maximum Gasteiger partial charge on any atom is 0.271 e. The number of aromatic amines is 1. The first-order valence-corrected chi connectivity index (χ1v) is 7.99. The van der Waals surface area contributed by atoms with Crippen molar-refractivity contribution in [1.29, 1.82) is 0 Å². The molecule has 0 bridgehead atoms. The lowest BCUT2D eigenvalue weighted by atomic mass is 10.1. The van der Waals surface area contributed by atoms with Crippen molar-refractivity contribution in [3.8, 4) is 5.75 Å². The Morgan fingerprint density at radius 1 is 1.29 bits per heavy atom. The molecule has 2 amide bonds. The number of H-pyrrole nitrogens is 1. The molecule has 0 aliphatic rings. The van der Waals surface area contributed by atoms with E-state index in [1.165, 1.54) is 13.1 Å². The molecule has 0 aliphatic heterocycles. The number of aromatic nitrogens is 1. The molecule has 3 N–H and O–H groups in total. The summed E-state index contributed by atoms with van der Waals surface area (Å²) in [5.74, 6) is -0.352. The largest absolute Gasteiger partial charge is 0.484 e. The molecule has 6 nitrogen and oxygen atoms in total. The van der Waals surface area contributed by atoms with Crippen LogP contribution in [0.2, 0.25) is 5.02 Å². The van der Waals surface area contributed by atoms with Crippen LogP contribution >= 0.6 is 11.6 Å². The van der Waals surface area contributed by atoms with Crippen LogP contribution in [0.25, 0.3) is 0 Å². The first kappa shape index (κ1) is 17.9. The van der Waals surface area contributed by atoms with E-state index < -0.39 is 0 Å². The summed E-state index contributed by atoms with van der Waals surface area (Å²) in [4.78, 5) is 26.8. The zero-order valence-corrected chi connectivity index (χ0v) is 14.5. The highest BCUT2D eigenvalue weighted by molar-refractivity contribution is 6.30. The Bertz CT molecular complexity index is 742. The van der Waals surface area contributed by atoms with Crippen LogP contribution < -0.4 is 15.4 Å². The SMILES string of the molecule is CCNC(=O)c1cc(O[C@H](C)c2cccc(Cl)c2)c(C(=O)NC)[nH]1. The molecule has 2 rings (SSSR count). The van der Waals surface area contributed by atoms with Crippen LogP contribution in [-0.4, -0.2) is 30.4 Å². The van der Waals surface area contributed by atoms with Crippen molar-refractivity contribution in [1.82, 2.24) is 15.6 Å². The third-order valence-corrected chi connectivity index (χ3v) is 3.67.